The molecule has 164 valence electrons. The zero-order chi connectivity index (χ0) is 22.5. The molecule has 4 atom stereocenters. The summed E-state index contributed by atoms with van der Waals surface area (Å²) in [5.74, 6) is -3.78. The molecule has 2 aromatic rings. The van der Waals surface area contributed by atoms with Crippen LogP contribution >= 0.6 is 0 Å². The molecule has 32 heavy (non-hydrogen) atoms. The molecule has 2 aromatic carbocycles. The zero-order valence-electron chi connectivity index (χ0n) is 17.3. The molecule has 2 fully saturated rings. The van der Waals surface area contributed by atoms with E-state index in [0.29, 0.717) is 17.7 Å². The highest BCUT2D eigenvalue weighted by atomic mass is 16.4. The number of carboxylic acids is 1. The quantitative estimate of drug-likeness (QED) is 0.595. The number of para-hydroxylation sites is 1. The van der Waals surface area contributed by atoms with Gasteiger partial charge in [-0.2, -0.15) is 0 Å². The Kier molecular flexibility index (Phi) is 4.82. The van der Waals surface area contributed by atoms with E-state index >= 15 is 0 Å². The third-order valence-electron chi connectivity index (χ3n) is 6.85. The van der Waals surface area contributed by atoms with Crippen LogP contribution < -0.4 is 10.6 Å². The van der Waals surface area contributed by atoms with Crippen molar-refractivity contribution in [1.29, 1.82) is 0 Å². The van der Waals surface area contributed by atoms with Gasteiger partial charge < -0.3 is 10.4 Å². The molecule has 0 aliphatic carbocycles. The summed E-state index contributed by atoms with van der Waals surface area (Å²) in [6, 6.07) is 16.1. The minimum absolute atomic E-state index is 0.152. The first-order valence-electron chi connectivity index (χ1n) is 10.7. The van der Waals surface area contributed by atoms with Crippen LogP contribution in [-0.2, 0) is 31.1 Å². The van der Waals surface area contributed by atoms with Crippen molar-refractivity contribution < 1.29 is 24.3 Å². The Bertz CT molecular complexity index is 1120. The smallest absolute Gasteiger partial charge is 0.303 e. The molecule has 3 aliphatic heterocycles. The molecule has 3 aliphatic rings. The second kappa shape index (κ2) is 7.56. The summed E-state index contributed by atoms with van der Waals surface area (Å²) < 4.78 is 0. The summed E-state index contributed by atoms with van der Waals surface area (Å²) in [6.07, 6.45) is 0.506. The number of hydrogen-bond acceptors (Lipinski definition) is 5. The highest BCUT2D eigenvalue weighted by Crippen LogP contribution is 2.53. The van der Waals surface area contributed by atoms with Gasteiger partial charge >= 0.3 is 5.97 Å². The fourth-order valence-electron chi connectivity index (χ4n) is 5.45. The van der Waals surface area contributed by atoms with Gasteiger partial charge in [0.05, 0.1) is 11.8 Å². The number of carbonyl (C=O) groups is 4. The molecule has 5 rings (SSSR count). The fraction of sp³-hybridized carbons (Fsp3) is 0.333. The van der Waals surface area contributed by atoms with Gasteiger partial charge in [-0.05, 0) is 24.5 Å². The first kappa shape index (κ1) is 20.4. The molecule has 0 saturated carbocycles. The Morgan fingerprint density at radius 2 is 1.72 bits per heavy atom. The average molecular weight is 433 g/mol. The van der Waals surface area contributed by atoms with Crippen LogP contribution in [0.3, 0.4) is 0 Å². The number of carboxylic acid groups (broad SMARTS) is 1. The average Bonchev–Trinajstić information content (AvgIpc) is 3.36. The monoisotopic (exact) mass is 433 g/mol. The summed E-state index contributed by atoms with van der Waals surface area (Å²) in [4.78, 5) is 52.7. The van der Waals surface area contributed by atoms with Crippen molar-refractivity contribution >= 4 is 29.4 Å². The maximum Gasteiger partial charge on any atom is 0.303 e. The summed E-state index contributed by atoms with van der Waals surface area (Å²) in [6.45, 7) is 0.222. The Morgan fingerprint density at radius 3 is 2.47 bits per heavy atom. The van der Waals surface area contributed by atoms with Crippen molar-refractivity contribution in [1.82, 2.24) is 10.2 Å². The lowest BCUT2D eigenvalue weighted by molar-refractivity contribution is -0.143. The summed E-state index contributed by atoms with van der Waals surface area (Å²) in [5.41, 5.74) is 0.859. The second-order valence-electron chi connectivity index (χ2n) is 8.56. The normalized spacial score (nSPS) is 28.2. The van der Waals surface area contributed by atoms with Crippen molar-refractivity contribution in [2.45, 2.75) is 30.8 Å². The molecule has 0 unspecified atom stereocenters. The third kappa shape index (κ3) is 2.94. The zero-order valence-corrected chi connectivity index (χ0v) is 17.3. The lowest BCUT2D eigenvalue weighted by atomic mass is 9.76. The first-order chi connectivity index (χ1) is 15.4. The molecular weight excluding hydrogens is 410 g/mol. The number of hydrogen-bond donors (Lipinski definition) is 3. The Labute approximate surface area is 184 Å². The van der Waals surface area contributed by atoms with Crippen molar-refractivity contribution in [2.24, 2.45) is 11.8 Å². The van der Waals surface area contributed by atoms with Crippen LogP contribution in [0.2, 0.25) is 0 Å². The molecular formula is C24H23N3O5. The lowest BCUT2D eigenvalue weighted by Gasteiger charge is -2.29. The molecule has 1 spiro atoms. The number of nitrogens with one attached hydrogen (secondary N) is 2. The lowest BCUT2D eigenvalue weighted by Crippen LogP contribution is -2.53. The van der Waals surface area contributed by atoms with E-state index < -0.39 is 29.4 Å². The fourth-order valence-corrected chi connectivity index (χ4v) is 5.45. The van der Waals surface area contributed by atoms with Crippen LogP contribution in [0, 0.1) is 11.8 Å². The van der Waals surface area contributed by atoms with Crippen molar-refractivity contribution in [3.05, 3.63) is 65.7 Å². The highest BCUT2D eigenvalue weighted by Gasteiger charge is 2.70. The van der Waals surface area contributed by atoms with Gasteiger partial charge in [0.2, 0.25) is 17.7 Å². The van der Waals surface area contributed by atoms with Crippen LogP contribution in [-0.4, -0.2) is 46.3 Å². The Morgan fingerprint density at radius 1 is 1.00 bits per heavy atom. The van der Waals surface area contributed by atoms with Gasteiger partial charge in [0.15, 0.2) is 0 Å². The molecule has 2 saturated heterocycles. The van der Waals surface area contributed by atoms with Crippen molar-refractivity contribution in [2.75, 3.05) is 11.9 Å². The summed E-state index contributed by atoms with van der Waals surface area (Å²) in [7, 11) is 0. The molecule has 8 nitrogen and oxygen atoms in total. The standard InChI is InChI=1S/C24H23N3O5/c28-18(29)11-10-17-19-20(24(26-17)15-8-4-5-9-16(15)25-23(24)32)22(31)27(21(19)30)13-12-14-6-2-1-3-7-14/h1-9,17,19-20,26H,10-13H2,(H,25,32)(H,28,29)/t17-,19+,20-,24-/m0/s1. The maximum atomic E-state index is 13.6. The molecule has 0 bridgehead atoms. The van der Waals surface area contributed by atoms with Gasteiger partial charge in [-0.15, -0.1) is 0 Å². The number of amides is 3. The number of fused-ring (bicyclic) bond motifs is 4. The number of nitrogens with zero attached hydrogens (tertiary/aromatic N) is 1. The molecule has 3 heterocycles. The topological polar surface area (TPSA) is 116 Å². The van der Waals surface area contributed by atoms with Crippen LogP contribution in [0.5, 0.6) is 0 Å². The number of rotatable bonds is 6. The molecule has 3 N–H and O–H groups in total. The Balaban J connectivity index is 1.51. The first-order valence-corrected chi connectivity index (χ1v) is 10.7. The van der Waals surface area contributed by atoms with E-state index in [1.807, 2.05) is 30.3 Å². The van der Waals surface area contributed by atoms with E-state index in [0.717, 1.165) is 5.56 Å². The van der Waals surface area contributed by atoms with Gasteiger partial charge in [0, 0.05) is 30.3 Å². The molecule has 3 amide bonds. The van der Waals surface area contributed by atoms with E-state index in [9.17, 15) is 24.3 Å². The van der Waals surface area contributed by atoms with Gasteiger partial charge in [0.1, 0.15) is 5.54 Å². The van der Waals surface area contributed by atoms with Crippen LogP contribution in [0.1, 0.15) is 24.0 Å². The maximum absolute atomic E-state index is 13.6. The van der Waals surface area contributed by atoms with Crippen molar-refractivity contribution in [3.8, 4) is 0 Å². The van der Waals surface area contributed by atoms with Crippen LogP contribution in [0.4, 0.5) is 5.69 Å². The number of aliphatic carboxylic acids is 1. The number of carbonyl (C=O) groups excluding carboxylic acids is 3. The van der Waals surface area contributed by atoms with Crippen LogP contribution in [0.15, 0.2) is 54.6 Å². The highest BCUT2D eigenvalue weighted by molar-refractivity contribution is 6.15. The van der Waals surface area contributed by atoms with E-state index in [4.69, 9.17) is 0 Å². The number of imide groups is 1. The number of likely N-dealkylation sites (tertiary alicyclic amines) is 1. The minimum atomic E-state index is -1.38. The predicted octanol–water partition coefficient (Wildman–Crippen LogP) is 1.51. The van der Waals surface area contributed by atoms with E-state index in [1.165, 1.54) is 4.90 Å². The number of anilines is 1. The third-order valence-corrected chi connectivity index (χ3v) is 6.85. The van der Waals surface area contributed by atoms with Crippen molar-refractivity contribution in [3.63, 3.8) is 0 Å². The van der Waals surface area contributed by atoms with Gasteiger partial charge in [-0.3, -0.25) is 29.4 Å². The Hall–Kier alpha value is -3.52. The molecule has 0 aromatic heterocycles. The summed E-state index contributed by atoms with van der Waals surface area (Å²) in [5, 5.41) is 15.3. The van der Waals surface area contributed by atoms with E-state index in [1.54, 1.807) is 24.3 Å². The number of benzene rings is 2. The summed E-state index contributed by atoms with van der Waals surface area (Å²) >= 11 is 0. The van der Waals surface area contributed by atoms with E-state index in [-0.39, 0.29) is 37.1 Å². The molecule has 0 radical (unpaired) electrons. The van der Waals surface area contributed by atoms with Gasteiger partial charge in [0.25, 0.3) is 0 Å². The predicted molar refractivity (Wildman–Crippen MR) is 114 cm³/mol. The SMILES string of the molecule is O=C(O)CC[C@@H]1N[C@]2(C(=O)Nc3ccccc32)[C@@H]2C(=O)N(CCc3ccccc3)C(=O)[C@H]12. The van der Waals surface area contributed by atoms with Gasteiger partial charge in [-0.25, -0.2) is 0 Å². The molecule has 8 heteroatoms. The van der Waals surface area contributed by atoms with Crippen LogP contribution in [0.25, 0.3) is 0 Å². The second-order valence-corrected chi connectivity index (χ2v) is 8.56. The minimum Gasteiger partial charge on any atom is -0.481 e. The van der Waals surface area contributed by atoms with E-state index in [2.05, 4.69) is 10.6 Å². The largest absolute Gasteiger partial charge is 0.481 e. The van der Waals surface area contributed by atoms with Gasteiger partial charge in [-0.1, -0.05) is 48.5 Å².